The van der Waals surface area contributed by atoms with Crippen LogP contribution in [0.3, 0.4) is 0 Å². The number of H-pyrrole nitrogens is 1. The van der Waals surface area contributed by atoms with Gasteiger partial charge in [-0.05, 0) is 23.8 Å². The minimum absolute atomic E-state index is 0.0935. The Hall–Kier alpha value is -3.33. The summed E-state index contributed by atoms with van der Waals surface area (Å²) in [7, 11) is 3.08. The maximum absolute atomic E-state index is 13.4. The van der Waals surface area contributed by atoms with Crippen molar-refractivity contribution < 1.29 is 18.7 Å². The number of thioether (sulfide) groups is 1. The number of nitrogens with zero attached hydrogens (tertiary/aromatic N) is 1. The molecule has 0 saturated heterocycles. The first-order valence-corrected chi connectivity index (χ1v) is 10.5. The van der Waals surface area contributed by atoms with Gasteiger partial charge >= 0.3 is 0 Å². The molecule has 1 amide bonds. The SMILES string of the molecule is COc1ccc([C@H]2CC(=O)Nc3nc(SCc4cccc(F)c4)[nH]c(=O)c32)c(OC)c1. The predicted molar refractivity (Wildman–Crippen MR) is 115 cm³/mol. The highest BCUT2D eigenvalue weighted by Gasteiger charge is 2.32. The van der Waals surface area contributed by atoms with Crippen molar-refractivity contribution in [2.24, 2.45) is 0 Å². The predicted octanol–water partition coefficient (Wildman–Crippen LogP) is 3.69. The fourth-order valence-electron chi connectivity index (χ4n) is 3.57. The summed E-state index contributed by atoms with van der Waals surface area (Å²) in [5.74, 6) is 0.699. The molecule has 1 aliphatic rings. The van der Waals surface area contributed by atoms with Gasteiger partial charge in [0.25, 0.3) is 5.56 Å². The molecular formula is C22H20FN3O4S. The Morgan fingerprint density at radius 1 is 1.16 bits per heavy atom. The summed E-state index contributed by atoms with van der Waals surface area (Å²) in [6, 6.07) is 11.5. The summed E-state index contributed by atoms with van der Waals surface area (Å²) in [5.41, 5.74) is 1.50. The minimum atomic E-state index is -0.511. The number of ether oxygens (including phenoxy) is 2. The van der Waals surface area contributed by atoms with Gasteiger partial charge in [0.2, 0.25) is 5.91 Å². The standard InChI is InChI=1S/C22H20FN3O4S/c1-29-14-6-7-15(17(9-14)30-2)16-10-18(27)24-20-19(16)21(28)26-22(25-20)31-11-12-4-3-5-13(23)8-12/h3-9,16H,10-11H2,1-2H3,(H2,24,25,26,27,28)/t16-/m1/s1. The van der Waals surface area contributed by atoms with Crippen LogP contribution in [0.4, 0.5) is 10.2 Å². The topological polar surface area (TPSA) is 93.3 Å². The van der Waals surface area contributed by atoms with Gasteiger partial charge in [-0.3, -0.25) is 9.59 Å². The lowest BCUT2D eigenvalue weighted by Gasteiger charge is -2.26. The zero-order valence-corrected chi connectivity index (χ0v) is 17.7. The molecule has 0 fully saturated rings. The molecule has 0 unspecified atom stereocenters. The number of fused-ring (bicyclic) bond motifs is 1. The third kappa shape index (κ3) is 4.41. The van der Waals surface area contributed by atoms with E-state index in [2.05, 4.69) is 15.3 Å². The quantitative estimate of drug-likeness (QED) is 0.448. The molecule has 7 nitrogen and oxygen atoms in total. The molecule has 31 heavy (non-hydrogen) atoms. The Morgan fingerprint density at radius 2 is 2.00 bits per heavy atom. The molecule has 160 valence electrons. The van der Waals surface area contributed by atoms with Gasteiger partial charge in [-0.15, -0.1) is 0 Å². The van der Waals surface area contributed by atoms with Crippen LogP contribution in [0, 0.1) is 5.82 Å². The van der Waals surface area contributed by atoms with E-state index in [-0.39, 0.29) is 29.5 Å². The summed E-state index contributed by atoms with van der Waals surface area (Å²) in [6.07, 6.45) is 0.0935. The highest BCUT2D eigenvalue weighted by Crippen LogP contribution is 2.40. The molecule has 1 atom stereocenters. The molecule has 0 spiro atoms. The number of benzene rings is 2. The maximum atomic E-state index is 13.4. The number of carbonyl (C=O) groups excluding carboxylic acids is 1. The molecule has 4 rings (SSSR count). The second-order valence-electron chi connectivity index (χ2n) is 6.96. The Kier molecular flexibility index (Phi) is 5.94. The lowest BCUT2D eigenvalue weighted by Crippen LogP contribution is -2.31. The zero-order chi connectivity index (χ0) is 22.0. The third-order valence-electron chi connectivity index (χ3n) is 5.01. The second kappa shape index (κ2) is 8.81. The molecule has 9 heteroatoms. The number of anilines is 1. The number of halogens is 1. The van der Waals surface area contributed by atoms with E-state index in [4.69, 9.17) is 9.47 Å². The first-order valence-electron chi connectivity index (χ1n) is 9.51. The van der Waals surface area contributed by atoms with E-state index in [0.29, 0.717) is 33.5 Å². The van der Waals surface area contributed by atoms with Crippen molar-refractivity contribution in [3.05, 3.63) is 75.3 Å². The number of hydrogen-bond donors (Lipinski definition) is 2. The van der Waals surface area contributed by atoms with E-state index in [0.717, 1.165) is 5.56 Å². The number of aromatic amines is 1. The van der Waals surface area contributed by atoms with Crippen molar-refractivity contribution in [2.45, 2.75) is 23.2 Å². The van der Waals surface area contributed by atoms with Crippen LogP contribution in [-0.4, -0.2) is 30.1 Å². The summed E-state index contributed by atoms with van der Waals surface area (Å²) in [5, 5.41) is 3.04. The number of nitrogens with one attached hydrogen (secondary N) is 2. The summed E-state index contributed by atoms with van der Waals surface area (Å²) in [4.78, 5) is 32.6. The van der Waals surface area contributed by atoms with Crippen LogP contribution in [-0.2, 0) is 10.5 Å². The molecule has 3 aromatic rings. The smallest absolute Gasteiger partial charge is 0.257 e. The van der Waals surface area contributed by atoms with Gasteiger partial charge in [0, 0.05) is 29.7 Å². The van der Waals surface area contributed by atoms with Crippen molar-refractivity contribution >= 4 is 23.5 Å². The molecule has 0 saturated carbocycles. The number of aromatic nitrogens is 2. The van der Waals surface area contributed by atoms with Crippen LogP contribution in [0.1, 0.15) is 29.0 Å². The Balaban J connectivity index is 1.68. The largest absolute Gasteiger partial charge is 0.497 e. The first-order chi connectivity index (χ1) is 15.0. The second-order valence-corrected chi connectivity index (χ2v) is 7.93. The molecule has 2 N–H and O–H groups in total. The van der Waals surface area contributed by atoms with Crippen LogP contribution in [0.2, 0.25) is 0 Å². The highest BCUT2D eigenvalue weighted by atomic mass is 32.2. The maximum Gasteiger partial charge on any atom is 0.257 e. The molecule has 0 radical (unpaired) electrons. The lowest BCUT2D eigenvalue weighted by atomic mass is 9.86. The van der Waals surface area contributed by atoms with E-state index in [9.17, 15) is 14.0 Å². The van der Waals surface area contributed by atoms with Crippen LogP contribution >= 0.6 is 11.8 Å². The summed E-state index contributed by atoms with van der Waals surface area (Å²) >= 11 is 1.25. The molecule has 0 aliphatic carbocycles. The monoisotopic (exact) mass is 441 g/mol. The van der Waals surface area contributed by atoms with Crippen molar-refractivity contribution in [1.82, 2.24) is 9.97 Å². The zero-order valence-electron chi connectivity index (χ0n) is 16.9. The number of rotatable bonds is 6. The highest BCUT2D eigenvalue weighted by molar-refractivity contribution is 7.98. The van der Waals surface area contributed by atoms with Gasteiger partial charge in [-0.25, -0.2) is 9.37 Å². The molecular weight excluding hydrogens is 421 g/mol. The van der Waals surface area contributed by atoms with Gasteiger partial charge in [0.15, 0.2) is 5.16 Å². The molecule has 1 aliphatic heterocycles. The van der Waals surface area contributed by atoms with E-state index in [1.54, 1.807) is 37.4 Å². The van der Waals surface area contributed by atoms with E-state index in [1.165, 1.54) is 31.0 Å². The van der Waals surface area contributed by atoms with Gasteiger partial charge in [0.05, 0.1) is 19.8 Å². The van der Waals surface area contributed by atoms with Crippen molar-refractivity contribution in [1.29, 1.82) is 0 Å². The lowest BCUT2D eigenvalue weighted by molar-refractivity contribution is -0.116. The fraction of sp³-hybridized carbons (Fsp3) is 0.227. The van der Waals surface area contributed by atoms with Crippen molar-refractivity contribution in [2.75, 3.05) is 19.5 Å². The van der Waals surface area contributed by atoms with Crippen LogP contribution in [0.5, 0.6) is 11.5 Å². The normalized spacial score (nSPS) is 15.2. The Labute approximate surface area is 182 Å². The van der Waals surface area contributed by atoms with Crippen molar-refractivity contribution in [3.63, 3.8) is 0 Å². The van der Waals surface area contributed by atoms with Gasteiger partial charge in [0.1, 0.15) is 23.1 Å². The van der Waals surface area contributed by atoms with E-state index >= 15 is 0 Å². The Morgan fingerprint density at radius 3 is 2.74 bits per heavy atom. The number of hydrogen-bond acceptors (Lipinski definition) is 6. The molecule has 1 aromatic heterocycles. The number of amides is 1. The third-order valence-corrected chi connectivity index (χ3v) is 5.95. The van der Waals surface area contributed by atoms with E-state index < -0.39 is 5.92 Å². The van der Waals surface area contributed by atoms with E-state index in [1.807, 2.05) is 0 Å². The average Bonchev–Trinajstić information content (AvgIpc) is 2.76. The molecule has 0 bridgehead atoms. The van der Waals surface area contributed by atoms with Crippen LogP contribution in [0.25, 0.3) is 0 Å². The summed E-state index contributed by atoms with van der Waals surface area (Å²) < 4.78 is 24.1. The molecule has 2 heterocycles. The fourth-order valence-corrected chi connectivity index (χ4v) is 4.37. The number of carbonyl (C=O) groups is 1. The van der Waals surface area contributed by atoms with Gasteiger partial charge in [-0.1, -0.05) is 30.0 Å². The van der Waals surface area contributed by atoms with Gasteiger partial charge < -0.3 is 19.8 Å². The minimum Gasteiger partial charge on any atom is -0.497 e. The van der Waals surface area contributed by atoms with Gasteiger partial charge in [-0.2, -0.15) is 0 Å². The van der Waals surface area contributed by atoms with Crippen LogP contribution < -0.4 is 20.3 Å². The number of methoxy groups -OCH3 is 2. The first kappa shape index (κ1) is 20.9. The average molecular weight is 441 g/mol. The Bertz CT molecular complexity index is 1200. The molecule has 2 aromatic carbocycles. The van der Waals surface area contributed by atoms with Crippen molar-refractivity contribution in [3.8, 4) is 11.5 Å². The van der Waals surface area contributed by atoms with Crippen LogP contribution in [0.15, 0.2) is 52.4 Å². The summed E-state index contributed by atoms with van der Waals surface area (Å²) in [6.45, 7) is 0.